The molecule has 3 rings (SSSR count). The number of benzene rings is 1. The van der Waals surface area contributed by atoms with Crippen LogP contribution in [0.15, 0.2) is 12.1 Å². The molecule has 0 N–H and O–H groups in total. The maximum Gasteiger partial charge on any atom is 0.200 e. The van der Waals surface area contributed by atoms with Gasteiger partial charge in [-0.15, -0.1) is 0 Å². The lowest BCUT2D eigenvalue weighted by molar-refractivity contribution is 0.175. The van der Waals surface area contributed by atoms with Crippen LogP contribution in [0.1, 0.15) is 70.3 Å². The molecule has 4 heteroatoms. The third kappa shape index (κ3) is 3.83. The first-order valence-electron chi connectivity index (χ1n) is 9.79. The highest BCUT2D eigenvalue weighted by Gasteiger charge is 2.43. The van der Waals surface area contributed by atoms with E-state index in [1.54, 1.807) is 13.0 Å². The lowest BCUT2D eigenvalue weighted by Gasteiger charge is -2.20. The van der Waals surface area contributed by atoms with Crippen molar-refractivity contribution in [1.29, 1.82) is 0 Å². The van der Waals surface area contributed by atoms with E-state index in [9.17, 15) is 13.2 Å². The van der Waals surface area contributed by atoms with Crippen molar-refractivity contribution < 1.29 is 17.9 Å². The molecule has 0 heterocycles. The number of rotatable bonds is 5. The van der Waals surface area contributed by atoms with Gasteiger partial charge in [0.05, 0.1) is 6.61 Å². The minimum absolute atomic E-state index is 0.000820. The molecule has 1 nitrogen and oxygen atoms in total. The standard InChI is InChI=1S/C21H29F3O/c1-3-5-13-6-7-14-11-15(12-17(14)18(22)10-13)16-8-9-19(25-4-2)21(24)20(16)23/h8-9,13-15,17-18H,3-7,10-12H2,1-2H3. The largest absolute Gasteiger partial charge is 0.491 e. The third-order valence-corrected chi connectivity index (χ3v) is 6.23. The van der Waals surface area contributed by atoms with Crippen LogP contribution in [0.4, 0.5) is 13.2 Å². The summed E-state index contributed by atoms with van der Waals surface area (Å²) in [6.07, 6.45) is 5.54. The molecule has 140 valence electrons. The number of halogens is 3. The predicted molar refractivity (Wildman–Crippen MR) is 93.6 cm³/mol. The minimum Gasteiger partial charge on any atom is -0.491 e. The van der Waals surface area contributed by atoms with Crippen LogP contribution in [0, 0.1) is 29.4 Å². The van der Waals surface area contributed by atoms with Crippen LogP contribution in [-0.2, 0) is 0 Å². The van der Waals surface area contributed by atoms with E-state index in [-0.39, 0.29) is 17.6 Å². The Hall–Kier alpha value is -1.19. The Morgan fingerprint density at radius 3 is 2.56 bits per heavy atom. The highest BCUT2D eigenvalue weighted by atomic mass is 19.2. The number of ether oxygens (including phenoxy) is 1. The average Bonchev–Trinajstić information content (AvgIpc) is 2.95. The topological polar surface area (TPSA) is 9.23 Å². The van der Waals surface area contributed by atoms with Gasteiger partial charge < -0.3 is 4.74 Å². The van der Waals surface area contributed by atoms with Crippen LogP contribution in [0.25, 0.3) is 0 Å². The summed E-state index contributed by atoms with van der Waals surface area (Å²) in [4.78, 5) is 0. The normalized spacial score (nSPS) is 32.3. The molecule has 0 spiro atoms. The molecule has 2 aliphatic carbocycles. The number of alkyl halides is 1. The van der Waals surface area contributed by atoms with Gasteiger partial charge in [-0.1, -0.05) is 32.3 Å². The molecule has 2 fully saturated rings. The average molecular weight is 354 g/mol. The molecule has 0 saturated heterocycles. The van der Waals surface area contributed by atoms with Gasteiger partial charge in [-0.2, -0.15) is 4.39 Å². The van der Waals surface area contributed by atoms with Gasteiger partial charge in [-0.25, -0.2) is 8.78 Å². The van der Waals surface area contributed by atoms with Gasteiger partial charge in [0.15, 0.2) is 11.6 Å². The van der Waals surface area contributed by atoms with E-state index >= 15 is 0 Å². The highest BCUT2D eigenvalue weighted by Crippen LogP contribution is 2.51. The van der Waals surface area contributed by atoms with Gasteiger partial charge in [0, 0.05) is 0 Å². The lowest BCUT2D eigenvalue weighted by Crippen LogP contribution is -2.19. The quantitative estimate of drug-likeness (QED) is 0.593. The molecular formula is C21H29F3O. The third-order valence-electron chi connectivity index (χ3n) is 6.23. The number of fused-ring (bicyclic) bond motifs is 1. The Labute approximate surface area is 149 Å². The molecule has 2 aliphatic rings. The van der Waals surface area contributed by atoms with E-state index in [0.29, 0.717) is 36.8 Å². The Balaban J connectivity index is 1.74. The second-order valence-corrected chi connectivity index (χ2v) is 7.79. The SMILES string of the molecule is CCCC1CCC2CC(c3ccc(OCC)c(F)c3F)CC2C(F)C1. The van der Waals surface area contributed by atoms with Crippen LogP contribution in [0.2, 0.25) is 0 Å². The number of hydrogen-bond donors (Lipinski definition) is 0. The smallest absolute Gasteiger partial charge is 0.200 e. The molecule has 0 amide bonds. The van der Waals surface area contributed by atoms with Crippen molar-refractivity contribution in [3.8, 4) is 5.75 Å². The maximum atomic E-state index is 14.8. The lowest BCUT2D eigenvalue weighted by atomic mass is 9.89. The van der Waals surface area contributed by atoms with E-state index in [0.717, 1.165) is 32.1 Å². The molecular weight excluding hydrogens is 325 g/mol. The molecule has 5 atom stereocenters. The molecule has 5 unspecified atom stereocenters. The zero-order valence-corrected chi connectivity index (χ0v) is 15.2. The van der Waals surface area contributed by atoms with Gasteiger partial charge in [-0.05, 0) is 67.9 Å². The van der Waals surface area contributed by atoms with E-state index in [2.05, 4.69) is 6.92 Å². The van der Waals surface area contributed by atoms with E-state index in [4.69, 9.17) is 4.74 Å². The van der Waals surface area contributed by atoms with Crippen molar-refractivity contribution in [2.24, 2.45) is 17.8 Å². The Morgan fingerprint density at radius 1 is 1.04 bits per heavy atom. The van der Waals surface area contributed by atoms with E-state index in [1.165, 1.54) is 6.07 Å². The number of hydrogen-bond acceptors (Lipinski definition) is 1. The van der Waals surface area contributed by atoms with Gasteiger partial charge in [0.25, 0.3) is 0 Å². The van der Waals surface area contributed by atoms with Crippen molar-refractivity contribution in [1.82, 2.24) is 0 Å². The fourth-order valence-corrected chi connectivity index (χ4v) is 5.05. The van der Waals surface area contributed by atoms with Gasteiger partial charge in [-0.3, -0.25) is 0 Å². The Bertz CT molecular complexity index is 589. The summed E-state index contributed by atoms with van der Waals surface area (Å²) in [5.74, 6) is -1.05. The van der Waals surface area contributed by atoms with E-state index in [1.807, 2.05) is 0 Å². The van der Waals surface area contributed by atoms with Crippen LogP contribution in [0.3, 0.4) is 0 Å². The fraction of sp³-hybridized carbons (Fsp3) is 0.714. The van der Waals surface area contributed by atoms with Crippen molar-refractivity contribution in [3.63, 3.8) is 0 Å². The second-order valence-electron chi connectivity index (χ2n) is 7.79. The van der Waals surface area contributed by atoms with E-state index < -0.39 is 17.8 Å². The molecule has 2 saturated carbocycles. The first-order chi connectivity index (χ1) is 12.0. The summed E-state index contributed by atoms with van der Waals surface area (Å²) in [6, 6.07) is 3.14. The zero-order chi connectivity index (χ0) is 18.0. The van der Waals surface area contributed by atoms with Crippen molar-refractivity contribution >= 4 is 0 Å². The monoisotopic (exact) mass is 354 g/mol. The summed E-state index contributed by atoms with van der Waals surface area (Å²) >= 11 is 0. The fourth-order valence-electron chi connectivity index (χ4n) is 5.05. The van der Waals surface area contributed by atoms with Gasteiger partial charge in [0.1, 0.15) is 6.17 Å². The minimum atomic E-state index is -0.911. The maximum absolute atomic E-state index is 14.8. The first-order valence-corrected chi connectivity index (χ1v) is 9.79. The molecule has 0 aromatic heterocycles. The van der Waals surface area contributed by atoms with Crippen LogP contribution >= 0.6 is 0 Å². The molecule has 25 heavy (non-hydrogen) atoms. The van der Waals surface area contributed by atoms with Crippen LogP contribution < -0.4 is 4.74 Å². The summed E-state index contributed by atoms with van der Waals surface area (Å²) in [5, 5.41) is 0. The summed E-state index contributed by atoms with van der Waals surface area (Å²) in [5.41, 5.74) is 0.395. The zero-order valence-electron chi connectivity index (χ0n) is 15.2. The summed E-state index contributed by atoms with van der Waals surface area (Å²) in [7, 11) is 0. The molecule has 0 radical (unpaired) electrons. The summed E-state index contributed by atoms with van der Waals surface area (Å²) < 4.78 is 48.6. The second kappa shape index (κ2) is 8.01. The van der Waals surface area contributed by atoms with Crippen LogP contribution in [-0.4, -0.2) is 12.8 Å². The molecule has 0 aliphatic heterocycles. The van der Waals surface area contributed by atoms with Gasteiger partial charge in [0.2, 0.25) is 5.82 Å². The first kappa shape index (κ1) is 18.6. The van der Waals surface area contributed by atoms with Gasteiger partial charge >= 0.3 is 0 Å². The van der Waals surface area contributed by atoms with Crippen molar-refractivity contribution in [2.75, 3.05) is 6.61 Å². The van der Waals surface area contributed by atoms with Crippen molar-refractivity contribution in [2.45, 2.75) is 70.9 Å². The van der Waals surface area contributed by atoms with Crippen LogP contribution in [0.5, 0.6) is 5.75 Å². The Kier molecular flexibility index (Phi) is 5.96. The van der Waals surface area contributed by atoms with Crippen molar-refractivity contribution in [3.05, 3.63) is 29.3 Å². The molecule has 1 aromatic rings. The molecule has 0 bridgehead atoms. The Morgan fingerprint density at radius 2 is 1.84 bits per heavy atom. The molecule has 1 aromatic carbocycles. The highest BCUT2D eigenvalue weighted by molar-refractivity contribution is 5.33. The summed E-state index contributed by atoms with van der Waals surface area (Å²) in [6.45, 7) is 4.19. The predicted octanol–water partition coefficient (Wildman–Crippen LogP) is 6.41.